The predicted molar refractivity (Wildman–Crippen MR) is 117 cm³/mol. The van der Waals surface area contributed by atoms with Crippen LogP contribution in [0, 0.1) is 0 Å². The zero-order valence-electron chi connectivity index (χ0n) is 17.8. The van der Waals surface area contributed by atoms with E-state index in [-0.39, 0.29) is 11.9 Å². The predicted octanol–water partition coefficient (Wildman–Crippen LogP) is 5.12. The fourth-order valence-electron chi connectivity index (χ4n) is 3.25. The Kier molecular flexibility index (Phi) is 6.96. The van der Waals surface area contributed by atoms with E-state index in [1.54, 1.807) is 44.4 Å². The van der Waals surface area contributed by atoms with Gasteiger partial charge in [0.25, 0.3) is 5.91 Å². The maximum absolute atomic E-state index is 13.1. The SMILES string of the molecule is COc1cc(C(=O)N(C)C(C)c2ccccc2OC)ccc1OCc1ccccc1. The number of rotatable bonds is 8. The molecule has 1 atom stereocenters. The summed E-state index contributed by atoms with van der Waals surface area (Å²) >= 11 is 0. The minimum absolute atomic E-state index is 0.110. The molecule has 156 valence electrons. The Labute approximate surface area is 177 Å². The number of amides is 1. The van der Waals surface area contributed by atoms with Gasteiger partial charge in [-0.3, -0.25) is 4.79 Å². The third kappa shape index (κ3) is 4.74. The van der Waals surface area contributed by atoms with E-state index in [2.05, 4.69) is 0 Å². The van der Waals surface area contributed by atoms with Crippen LogP contribution in [0.1, 0.15) is 34.5 Å². The van der Waals surface area contributed by atoms with Gasteiger partial charge in [0.1, 0.15) is 12.4 Å². The summed E-state index contributed by atoms with van der Waals surface area (Å²) in [6.45, 7) is 2.40. The van der Waals surface area contributed by atoms with Gasteiger partial charge in [0, 0.05) is 18.2 Å². The van der Waals surface area contributed by atoms with Crippen LogP contribution in [0.25, 0.3) is 0 Å². The maximum atomic E-state index is 13.1. The van der Waals surface area contributed by atoms with Crippen molar-refractivity contribution < 1.29 is 19.0 Å². The summed E-state index contributed by atoms with van der Waals surface area (Å²) in [5.41, 5.74) is 2.54. The normalized spacial score (nSPS) is 11.5. The molecular formula is C25H27NO4. The minimum atomic E-state index is -0.159. The third-order valence-electron chi connectivity index (χ3n) is 5.14. The molecule has 0 N–H and O–H groups in total. The smallest absolute Gasteiger partial charge is 0.254 e. The first kappa shape index (κ1) is 21.2. The fraction of sp³-hybridized carbons (Fsp3) is 0.240. The number of hydrogen-bond donors (Lipinski definition) is 0. The number of carbonyl (C=O) groups excluding carboxylic acids is 1. The van der Waals surface area contributed by atoms with E-state index >= 15 is 0 Å². The molecule has 3 aromatic carbocycles. The molecule has 0 aromatic heterocycles. The number of benzene rings is 3. The zero-order valence-corrected chi connectivity index (χ0v) is 17.8. The summed E-state index contributed by atoms with van der Waals surface area (Å²) in [5, 5.41) is 0. The van der Waals surface area contributed by atoms with E-state index < -0.39 is 0 Å². The van der Waals surface area contributed by atoms with Crippen molar-refractivity contribution in [2.24, 2.45) is 0 Å². The van der Waals surface area contributed by atoms with E-state index in [1.807, 2.05) is 61.5 Å². The maximum Gasteiger partial charge on any atom is 0.254 e. The van der Waals surface area contributed by atoms with Crippen molar-refractivity contribution in [1.82, 2.24) is 4.90 Å². The van der Waals surface area contributed by atoms with Gasteiger partial charge in [-0.1, -0.05) is 48.5 Å². The highest BCUT2D eigenvalue weighted by Crippen LogP contribution is 2.32. The average molecular weight is 405 g/mol. The Hall–Kier alpha value is -3.47. The lowest BCUT2D eigenvalue weighted by Crippen LogP contribution is -2.29. The number of methoxy groups -OCH3 is 2. The Morgan fingerprint density at radius 2 is 1.53 bits per heavy atom. The van der Waals surface area contributed by atoms with Gasteiger partial charge in [-0.2, -0.15) is 0 Å². The quantitative estimate of drug-likeness (QED) is 0.522. The monoisotopic (exact) mass is 405 g/mol. The lowest BCUT2D eigenvalue weighted by molar-refractivity contribution is 0.0740. The Morgan fingerprint density at radius 1 is 0.867 bits per heavy atom. The van der Waals surface area contributed by atoms with Crippen molar-refractivity contribution in [2.75, 3.05) is 21.3 Å². The molecule has 5 nitrogen and oxygen atoms in total. The number of hydrogen-bond acceptors (Lipinski definition) is 4. The summed E-state index contributed by atoms with van der Waals surface area (Å²) in [6, 6.07) is 22.7. The topological polar surface area (TPSA) is 48.0 Å². The Morgan fingerprint density at radius 3 is 2.23 bits per heavy atom. The molecule has 1 amide bonds. The highest BCUT2D eigenvalue weighted by atomic mass is 16.5. The molecule has 0 fully saturated rings. The van der Waals surface area contributed by atoms with E-state index in [4.69, 9.17) is 14.2 Å². The summed E-state index contributed by atoms with van der Waals surface area (Å²) in [4.78, 5) is 14.8. The van der Waals surface area contributed by atoms with Crippen molar-refractivity contribution in [3.63, 3.8) is 0 Å². The van der Waals surface area contributed by atoms with Gasteiger partial charge >= 0.3 is 0 Å². The van der Waals surface area contributed by atoms with Crippen molar-refractivity contribution in [1.29, 1.82) is 0 Å². The van der Waals surface area contributed by atoms with Crippen LogP contribution in [-0.2, 0) is 6.61 Å². The second-order valence-corrected chi connectivity index (χ2v) is 6.97. The summed E-state index contributed by atoms with van der Waals surface area (Å²) in [7, 11) is 4.98. The summed E-state index contributed by atoms with van der Waals surface area (Å²) in [6.07, 6.45) is 0. The van der Waals surface area contributed by atoms with Crippen molar-refractivity contribution in [2.45, 2.75) is 19.6 Å². The first-order valence-electron chi connectivity index (χ1n) is 9.80. The van der Waals surface area contributed by atoms with E-state index in [0.717, 1.165) is 16.9 Å². The van der Waals surface area contributed by atoms with Gasteiger partial charge in [-0.05, 0) is 36.8 Å². The number of para-hydroxylation sites is 1. The molecule has 0 bridgehead atoms. The van der Waals surface area contributed by atoms with Crippen molar-refractivity contribution >= 4 is 5.91 Å². The van der Waals surface area contributed by atoms with Crippen molar-refractivity contribution in [3.8, 4) is 17.2 Å². The van der Waals surface area contributed by atoms with Crippen LogP contribution in [0.3, 0.4) is 0 Å². The van der Waals surface area contributed by atoms with Crippen LogP contribution in [0.5, 0.6) is 17.2 Å². The number of ether oxygens (including phenoxy) is 3. The van der Waals surface area contributed by atoms with Gasteiger partial charge < -0.3 is 19.1 Å². The molecule has 0 saturated heterocycles. The van der Waals surface area contributed by atoms with Gasteiger partial charge in [0.05, 0.1) is 20.3 Å². The van der Waals surface area contributed by atoms with E-state index in [9.17, 15) is 4.79 Å². The van der Waals surface area contributed by atoms with E-state index in [1.165, 1.54) is 0 Å². The van der Waals surface area contributed by atoms with Crippen LogP contribution >= 0.6 is 0 Å². The van der Waals surface area contributed by atoms with Gasteiger partial charge in [0.2, 0.25) is 0 Å². The molecule has 3 rings (SSSR count). The summed E-state index contributed by atoms with van der Waals surface area (Å²) < 4.78 is 16.8. The summed E-state index contributed by atoms with van der Waals surface area (Å²) in [5.74, 6) is 1.77. The third-order valence-corrected chi connectivity index (χ3v) is 5.14. The minimum Gasteiger partial charge on any atom is -0.496 e. The average Bonchev–Trinajstić information content (AvgIpc) is 2.81. The second kappa shape index (κ2) is 9.83. The van der Waals surface area contributed by atoms with Gasteiger partial charge in [0.15, 0.2) is 11.5 Å². The molecule has 0 aliphatic rings. The molecule has 0 aliphatic heterocycles. The molecule has 0 heterocycles. The molecule has 5 heteroatoms. The molecule has 0 spiro atoms. The molecule has 0 saturated carbocycles. The largest absolute Gasteiger partial charge is 0.496 e. The molecule has 30 heavy (non-hydrogen) atoms. The molecular weight excluding hydrogens is 378 g/mol. The Bertz CT molecular complexity index is 987. The highest BCUT2D eigenvalue weighted by Gasteiger charge is 2.22. The standard InChI is InChI=1S/C25H27NO4/c1-18(21-12-8-9-13-22(21)28-3)26(2)25(27)20-14-15-23(24(16-20)29-4)30-17-19-10-6-5-7-11-19/h5-16,18H,17H2,1-4H3. The van der Waals surface area contributed by atoms with Crippen LogP contribution < -0.4 is 14.2 Å². The lowest BCUT2D eigenvalue weighted by atomic mass is 10.0. The second-order valence-electron chi connectivity index (χ2n) is 6.97. The molecule has 3 aromatic rings. The van der Waals surface area contributed by atoms with E-state index in [0.29, 0.717) is 23.7 Å². The molecule has 0 aliphatic carbocycles. The van der Waals surface area contributed by atoms with Crippen LogP contribution in [0.15, 0.2) is 72.8 Å². The number of nitrogens with zero attached hydrogens (tertiary/aromatic N) is 1. The Balaban J connectivity index is 1.76. The highest BCUT2D eigenvalue weighted by molar-refractivity contribution is 5.95. The van der Waals surface area contributed by atoms with Crippen molar-refractivity contribution in [3.05, 3.63) is 89.5 Å². The first-order chi connectivity index (χ1) is 14.5. The van der Waals surface area contributed by atoms with Gasteiger partial charge in [-0.15, -0.1) is 0 Å². The molecule has 1 unspecified atom stereocenters. The lowest BCUT2D eigenvalue weighted by Gasteiger charge is -2.27. The van der Waals surface area contributed by atoms with Crippen LogP contribution in [0.2, 0.25) is 0 Å². The van der Waals surface area contributed by atoms with Gasteiger partial charge in [-0.25, -0.2) is 0 Å². The number of carbonyl (C=O) groups is 1. The van der Waals surface area contributed by atoms with Crippen LogP contribution in [-0.4, -0.2) is 32.1 Å². The zero-order chi connectivity index (χ0) is 21.5. The van der Waals surface area contributed by atoms with Crippen LogP contribution in [0.4, 0.5) is 0 Å². The molecule has 0 radical (unpaired) electrons. The first-order valence-corrected chi connectivity index (χ1v) is 9.80. The fourth-order valence-corrected chi connectivity index (χ4v) is 3.25.